The van der Waals surface area contributed by atoms with Crippen LogP contribution in [0.5, 0.6) is 0 Å². The van der Waals surface area contributed by atoms with Gasteiger partial charge in [0.2, 0.25) is 0 Å². The first-order valence-corrected chi connectivity index (χ1v) is 6.15. The Morgan fingerprint density at radius 3 is 3.05 bits per heavy atom. The molecule has 3 aromatic rings. The Labute approximate surface area is 114 Å². The second-order valence-electron chi connectivity index (χ2n) is 4.35. The van der Waals surface area contributed by atoms with Crippen molar-refractivity contribution in [3.05, 3.63) is 54.9 Å². The summed E-state index contributed by atoms with van der Waals surface area (Å²) in [4.78, 5) is 16.8. The van der Waals surface area contributed by atoms with Gasteiger partial charge in [0.1, 0.15) is 24.0 Å². The fraction of sp³-hybridized carbons (Fsp3) is 0. The van der Waals surface area contributed by atoms with Gasteiger partial charge in [-0.05, 0) is 6.07 Å². The van der Waals surface area contributed by atoms with Crippen LogP contribution in [0.3, 0.4) is 0 Å². The van der Waals surface area contributed by atoms with Gasteiger partial charge in [-0.15, -0.1) is 0 Å². The monoisotopic (exact) mass is 262 g/mol. The fourth-order valence-electron chi connectivity index (χ4n) is 2.15. The van der Waals surface area contributed by atoms with Crippen molar-refractivity contribution in [3.8, 4) is 0 Å². The molecule has 0 atom stereocenters. The average Bonchev–Trinajstić information content (AvgIpc) is 2.80. The van der Waals surface area contributed by atoms with Crippen LogP contribution in [-0.2, 0) is 0 Å². The zero-order valence-corrected chi connectivity index (χ0v) is 10.4. The van der Waals surface area contributed by atoms with E-state index in [4.69, 9.17) is 0 Å². The molecular weight excluding hydrogens is 252 g/mol. The number of benzene rings is 1. The molecule has 6 nitrogen and oxygen atoms in total. The Bertz CT molecular complexity index is 846. The van der Waals surface area contributed by atoms with Crippen LogP contribution in [-0.4, -0.2) is 25.7 Å². The summed E-state index contributed by atoms with van der Waals surface area (Å²) in [7, 11) is 0. The van der Waals surface area contributed by atoms with Crippen LogP contribution in [0.4, 0.5) is 5.69 Å². The molecule has 96 valence electrons. The largest absolute Gasteiger partial charge is 0.339 e. The smallest absolute Gasteiger partial charge is 0.168 e. The number of nitrogens with one attached hydrogen (secondary N) is 1. The number of imidazole rings is 1. The number of para-hydroxylation sites is 1. The Kier molecular flexibility index (Phi) is 2.32. The average molecular weight is 262 g/mol. The molecule has 0 saturated heterocycles. The second-order valence-corrected chi connectivity index (χ2v) is 4.35. The summed E-state index contributed by atoms with van der Waals surface area (Å²) in [5.41, 5.74) is 3.53. The first-order valence-electron chi connectivity index (χ1n) is 6.15. The first kappa shape index (κ1) is 10.9. The summed E-state index contributed by atoms with van der Waals surface area (Å²) >= 11 is 0. The van der Waals surface area contributed by atoms with Crippen LogP contribution in [0, 0.1) is 0 Å². The van der Waals surface area contributed by atoms with Gasteiger partial charge in [0.25, 0.3) is 0 Å². The maximum Gasteiger partial charge on any atom is 0.168 e. The van der Waals surface area contributed by atoms with Crippen molar-refractivity contribution >= 4 is 28.9 Å². The van der Waals surface area contributed by atoms with E-state index in [1.165, 1.54) is 6.33 Å². The number of nitrogens with zero attached hydrogens (tertiary/aromatic N) is 5. The predicted molar refractivity (Wildman–Crippen MR) is 77.3 cm³/mol. The van der Waals surface area contributed by atoms with Crippen molar-refractivity contribution in [1.82, 2.24) is 19.5 Å². The molecule has 1 aromatic carbocycles. The van der Waals surface area contributed by atoms with Gasteiger partial charge in [-0.3, -0.25) is 9.56 Å². The summed E-state index contributed by atoms with van der Waals surface area (Å²) < 4.78 is 1.86. The van der Waals surface area contributed by atoms with E-state index in [-0.39, 0.29) is 0 Å². The molecule has 2 aromatic heterocycles. The van der Waals surface area contributed by atoms with Gasteiger partial charge in [-0.25, -0.2) is 15.0 Å². The quantitative estimate of drug-likeness (QED) is 0.729. The van der Waals surface area contributed by atoms with Crippen molar-refractivity contribution in [1.29, 1.82) is 0 Å². The number of hydrogen-bond donors (Lipinski definition) is 1. The minimum atomic E-state index is 0.744. The normalized spacial score (nSPS) is 13.5. The van der Waals surface area contributed by atoms with Crippen molar-refractivity contribution in [2.45, 2.75) is 0 Å². The lowest BCUT2D eigenvalue weighted by Crippen LogP contribution is -2.06. The third-order valence-corrected chi connectivity index (χ3v) is 3.11. The zero-order chi connectivity index (χ0) is 13.4. The van der Waals surface area contributed by atoms with Crippen molar-refractivity contribution in [2.24, 2.45) is 4.99 Å². The number of aromatic nitrogens is 4. The van der Waals surface area contributed by atoms with Gasteiger partial charge in [0.15, 0.2) is 5.65 Å². The van der Waals surface area contributed by atoms with Crippen molar-refractivity contribution < 1.29 is 0 Å². The molecule has 20 heavy (non-hydrogen) atoms. The molecular formula is C14H10N6. The molecule has 0 bridgehead atoms. The summed E-state index contributed by atoms with van der Waals surface area (Å²) in [6, 6.07) is 7.99. The fourth-order valence-corrected chi connectivity index (χ4v) is 2.15. The minimum Gasteiger partial charge on any atom is -0.339 e. The van der Waals surface area contributed by atoms with E-state index in [1.807, 2.05) is 35.0 Å². The van der Waals surface area contributed by atoms with Crippen LogP contribution in [0.15, 0.2) is 54.3 Å². The number of fused-ring (bicyclic) bond motifs is 2. The molecule has 0 aliphatic carbocycles. The number of anilines is 1. The highest BCUT2D eigenvalue weighted by molar-refractivity contribution is 5.92. The van der Waals surface area contributed by atoms with E-state index in [0.717, 1.165) is 28.2 Å². The lowest BCUT2D eigenvalue weighted by molar-refractivity contribution is 1.07. The van der Waals surface area contributed by atoms with E-state index >= 15 is 0 Å². The van der Waals surface area contributed by atoms with Gasteiger partial charge < -0.3 is 5.32 Å². The molecule has 0 fully saturated rings. The maximum atomic E-state index is 4.31. The minimum absolute atomic E-state index is 0.744. The van der Waals surface area contributed by atoms with Crippen LogP contribution >= 0.6 is 0 Å². The highest BCUT2D eigenvalue weighted by Crippen LogP contribution is 2.22. The molecule has 1 aliphatic rings. The third kappa shape index (κ3) is 1.66. The van der Waals surface area contributed by atoms with E-state index in [2.05, 4.69) is 25.3 Å². The lowest BCUT2D eigenvalue weighted by Gasteiger charge is -2.11. The van der Waals surface area contributed by atoms with Crippen LogP contribution in [0.25, 0.3) is 17.0 Å². The van der Waals surface area contributed by atoms with Gasteiger partial charge in [-0.2, -0.15) is 0 Å². The molecule has 0 unspecified atom stereocenters. The van der Waals surface area contributed by atoms with Gasteiger partial charge in [0.05, 0.1) is 12.4 Å². The topological polar surface area (TPSA) is 68.0 Å². The summed E-state index contributed by atoms with van der Waals surface area (Å²) in [5, 5.41) is 3.35. The van der Waals surface area contributed by atoms with Crippen molar-refractivity contribution in [2.75, 3.05) is 5.32 Å². The molecule has 3 heterocycles. The number of hydrogen-bond acceptors (Lipinski definition) is 5. The van der Waals surface area contributed by atoms with Gasteiger partial charge in [-0.1, -0.05) is 18.2 Å². The van der Waals surface area contributed by atoms with Gasteiger partial charge in [0, 0.05) is 17.5 Å². The molecule has 0 amide bonds. The Morgan fingerprint density at radius 2 is 2.05 bits per heavy atom. The Hall–Kier alpha value is -3.02. The van der Waals surface area contributed by atoms with E-state index in [9.17, 15) is 0 Å². The summed E-state index contributed by atoms with van der Waals surface area (Å²) in [5.74, 6) is 0.799. The molecule has 1 N–H and O–H groups in total. The number of aliphatic imine (C=N–C) groups is 1. The molecule has 6 heteroatoms. The predicted octanol–water partition coefficient (Wildman–Crippen LogP) is 2.13. The Balaban J connectivity index is 1.84. The standard InChI is InChI=1S/C14H10N6/c1-2-4-11-10(3-1)5-15-7-13(19-11)20-9-18-12-6-16-8-17-14(12)20/h1-9,19H. The van der Waals surface area contributed by atoms with E-state index in [0.29, 0.717) is 0 Å². The van der Waals surface area contributed by atoms with E-state index < -0.39 is 0 Å². The van der Waals surface area contributed by atoms with Gasteiger partial charge >= 0.3 is 0 Å². The summed E-state index contributed by atoms with van der Waals surface area (Å²) in [6.45, 7) is 0. The number of rotatable bonds is 1. The van der Waals surface area contributed by atoms with Crippen LogP contribution < -0.4 is 5.32 Å². The summed E-state index contributed by atoms with van der Waals surface area (Å²) in [6.07, 6.45) is 8.48. The zero-order valence-electron chi connectivity index (χ0n) is 10.4. The van der Waals surface area contributed by atoms with Crippen LogP contribution in [0.1, 0.15) is 5.56 Å². The molecule has 4 rings (SSSR count). The third-order valence-electron chi connectivity index (χ3n) is 3.11. The highest BCUT2D eigenvalue weighted by atomic mass is 15.2. The molecule has 0 saturated carbocycles. The Morgan fingerprint density at radius 1 is 1.10 bits per heavy atom. The first-order chi connectivity index (χ1) is 9.92. The molecule has 0 radical (unpaired) electrons. The molecule has 0 spiro atoms. The van der Waals surface area contributed by atoms with E-state index in [1.54, 1.807) is 18.7 Å². The van der Waals surface area contributed by atoms with Crippen LogP contribution in [0.2, 0.25) is 0 Å². The highest BCUT2D eigenvalue weighted by Gasteiger charge is 2.11. The molecule has 1 aliphatic heterocycles. The van der Waals surface area contributed by atoms with Crippen molar-refractivity contribution in [3.63, 3.8) is 0 Å². The maximum absolute atomic E-state index is 4.31. The second kappa shape index (κ2) is 4.27. The lowest BCUT2D eigenvalue weighted by atomic mass is 10.2. The SMILES string of the molecule is C1=NC=C(n2cnc3cncnc32)Nc2ccccc21.